The van der Waals surface area contributed by atoms with Crippen molar-refractivity contribution in [3.8, 4) is 0 Å². The number of amides is 5. The van der Waals surface area contributed by atoms with Crippen molar-refractivity contribution in [2.45, 2.75) is 83.3 Å². The SMILES string of the molecule is Cc1ccc(CC(=O)N2CCN(C3c4ccc(Cl)cc4CCc4cccnc43)CC2)cc1.Cc1ccc2c(c1)CCc1cccnc1C2N1CCN(C(=O)Cc2ccncc2)CC1.O=C(CN1C(=O)c2ccccc2C1=O)N1CCN(C2c3ccc(Cl)cc3CCc3cccnc32)CC1. The van der Waals surface area contributed by atoms with E-state index in [1.54, 1.807) is 41.6 Å². The summed E-state index contributed by atoms with van der Waals surface area (Å²) in [6.07, 6.45) is 15.9. The molecule has 504 valence electrons. The van der Waals surface area contributed by atoms with Gasteiger partial charge in [0.15, 0.2) is 0 Å². The van der Waals surface area contributed by atoms with E-state index in [4.69, 9.17) is 38.2 Å². The van der Waals surface area contributed by atoms with Crippen molar-refractivity contribution in [1.29, 1.82) is 0 Å². The average Bonchev–Trinajstić information content (AvgIpc) is 1.77. The number of fused-ring (bicyclic) bond motifs is 7. The molecule has 99 heavy (non-hydrogen) atoms. The highest BCUT2D eigenvalue weighted by Gasteiger charge is 2.40. The summed E-state index contributed by atoms with van der Waals surface area (Å²) < 4.78 is 0. The van der Waals surface area contributed by atoms with Crippen molar-refractivity contribution in [3.63, 3.8) is 0 Å². The molecule has 4 aliphatic heterocycles. The molecular formula is C81H81Cl2N11O5. The number of hydrogen-bond acceptors (Lipinski definition) is 12. The molecule has 4 aromatic heterocycles. The van der Waals surface area contributed by atoms with Gasteiger partial charge in [-0.05, 0) is 180 Å². The maximum absolute atomic E-state index is 13.1. The molecule has 0 saturated carbocycles. The van der Waals surface area contributed by atoms with E-state index in [0.29, 0.717) is 50.1 Å². The number of imide groups is 1. The summed E-state index contributed by atoms with van der Waals surface area (Å²) in [5, 5.41) is 1.52. The van der Waals surface area contributed by atoms with E-state index in [1.807, 2.05) is 70.9 Å². The molecule has 0 spiro atoms. The van der Waals surface area contributed by atoms with E-state index < -0.39 is 11.8 Å². The lowest BCUT2D eigenvalue weighted by Crippen LogP contribution is -2.52. The average molecular weight is 1360 g/mol. The van der Waals surface area contributed by atoms with Crippen LogP contribution in [0, 0.1) is 13.8 Å². The molecule has 5 aromatic carbocycles. The van der Waals surface area contributed by atoms with Crippen molar-refractivity contribution >= 4 is 52.7 Å². The number of rotatable bonds is 9. The standard InChI is InChI=1S/C28H25ClN4O3.C27H28ClN3O.C26H28N4O/c29-20-9-10-21-19(16-20)8-7-18-4-3-11-30-25(18)26(21)32-14-12-31(13-15-32)24(34)17-33-27(35)22-5-1-2-6-23(22)28(33)36;1-19-4-6-20(7-5-19)17-25(32)30-13-15-31(16-14-30)27-24-11-10-23(28)18-22(24)9-8-21-3-2-12-29-26(21)27;1-19-4-7-23-22(17-19)6-5-21-3-2-10-28-25(21)26(23)30-15-13-29(14-16-30)24(31)18-20-8-11-27-12-9-20/h1-6,9-11,16,26H,7-8,12-15,17H2;2-7,10-12,18,27H,8-9,13-17H2,1H3;2-4,7-12,17,26H,5-6,13-16,18H2,1H3. The zero-order valence-corrected chi connectivity index (χ0v) is 57.6. The van der Waals surface area contributed by atoms with Crippen LogP contribution >= 0.6 is 23.2 Å². The third kappa shape index (κ3) is 14.7. The van der Waals surface area contributed by atoms with Crippen LogP contribution in [0.1, 0.15) is 128 Å². The molecule has 16 rings (SSSR count). The van der Waals surface area contributed by atoms with Crippen molar-refractivity contribution in [2.24, 2.45) is 0 Å². The largest absolute Gasteiger partial charge is 0.340 e. The minimum atomic E-state index is -0.404. The smallest absolute Gasteiger partial charge is 0.262 e. The topological polar surface area (TPSA) is 160 Å². The van der Waals surface area contributed by atoms with E-state index in [0.717, 1.165) is 128 Å². The third-order valence-corrected chi connectivity index (χ3v) is 21.3. The normalized spacial score (nSPS) is 19.0. The maximum atomic E-state index is 13.1. The van der Waals surface area contributed by atoms with E-state index >= 15 is 0 Å². The molecule has 3 fully saturated rings. The van der Waals surface area contributed by atoms with Gasteiger partial charge in [-0.2, -0.15) is 0 Å². The number of hydrogen-bond donors (Lipinski definition) is 0. The number of aryl methyl sites for hydroxylation is 8. The lowest BCUT2D eigenvalue weighted by Gasteiger charge is -2.40. The fraction of sp³-hybridized carbons (Fsp3) is 0.321. The summed E-state index contributed by atoms with van der Waals surface area (Å²) >= 11 is 12.7. The monoisotopic (exact) mass is 1360 g/mol. The van der Waals surface area contributed by atoms with Gasteiger partial charge in [-0.25, -0.2) is 0 Å². The highest BCUT2D eigenvalue weighted by atomic mass is 35.5. The highest BCUT2D eigenvalue weighted by molar-refractivity contribution is 6.31. The number of piperazine rings is 3. The highest BCUT2D eigenvalue weighted by Crippen LogP contribution is 2.41. The Morgan fingerprint density at radius 3 is 1.17 bits per heavy atom. The summed E-state index contributed by atoms with van der Waals surface area (Å²) in [5.41, 5.74) is 20.5. The maximum Gasteiger partial charge on any atom is 0.262 e. The molecule has 7 aliphatic rings. The molecule has 0 bridgehead atoms. The second-order valence-corrected chi connectivity index (χ2v) is 27.8. The van der Waals surface area contributed by atoms with Crippen molar-refractivity contribution in [2.75, 3.05) is 85.1 Å². The van der Waals surface area contributed by atoms with E-state index in [-0.39, 0.29) is 42.4 Å². The van der Waals surface area contributed by atoms with Gasteiger partial charge in [-0.1, -0.05) is 119 Å². The van der Waals surface area contributed by atoms with Gasteiger partial charge in [0.25, 0.3) is 11.8 Å². The van der Waals surface area contributed by atoms with Crippen LogP contribution in [0.2, 0.25) is 10.0 Å². The molecule has 5 amide bonds. The number of carbonyl (C=O) groups excluding carboxylic acids is 5. The van der Waals surface area contributed by atoms with Gasteiger partial charge in [-0.3, -0.25) is 63.5 Å². The Bertz CT molecular complexity index is 4440. The van der Waals surface area contributed by atoms with Crippen LogP contribution in [-0.4, -0.2) is 169 Å². The van der Waals surface area contributed by atoms with E-state index in [9.17, 15) is 24.0 Å². The summed E-state index contributed by atoms with van der Waals surface area (Å²) in [5.74, 6) is -0.616. The number of halogens is 2. The second-order valence-electron chi connectivity index (χ2n) is 26.9. The minimum Gasteiger partial charge on any atom is -0.340 e. The van der Waals surface area contributed by atoms with Gasteiger partial charge in [0.05, 0.1) is 59.2 Å². The van der Waals surface area contributed by atoms with Gasteiger partial charge in [0, 0.05) is 120 Å². The number of aromatic nitrogens is 4. The Hall–Kier alpha value is -9.29. The molecule has 3 aliphatic carbocycles. The van der Waals surface area contributed by atoms with Crippen LogP contribution in [0.3, 0.4) is 0 Å². The molecule has 16 nitrogen and oxygen atoms in total. The van der Waals surface area contributed by atoms with Crippen LogP contribution in [0.5, 0.6) is 0 Å². The first kappa shape index (κ1) is 66.9. The van der Waals surface area contributed by atoms with E-state index in [2.05, 4.69) is 118 Å². The van der Waals surface area contributed by atoms with Gasteiger partial charge in [0.1, 0.15) is 6.54 Å². The summed E-state index contributed by atoms with van der Waals surface area (Å²) in [7, 11) is 0. The molecule has 0 radical (unpaired) electrons. The van der Waals surface area contributed by atoms with Gasteiger partial charge in [0.2, 0.25) is 17.7 Å². The first-order valence-corrected chi connectivity index (χ1v) is 35.5. The number of pyridine rings is 4. The zero-order chi connectivity index (χ0) is 68.1. The predicted octanol–water partition coefficient (Wildman–Crippen LogP) is 11.3. The second kappa shape index (κ2) is 30.0. The molecule has 3 saturated heterocycles. The summed E-state index contributed by atoms with van der Waals surface area (Å²) in [6, 6.07) is 50.9. The fourth-order valence-electron chi connectivity index (χ4n) is 15.5. The molecule has 8 heterocycles. The summed E-state index contributed by atoms with van der Waals surface area (Å²) in [6.45, 7) is 12.7. The van der Waals surface area contributed by atoms with Crippen molar-refractivity contribution < 1.29 is 24.0 Å². The van der Waals surface area contributed by atoms with Gasteiger partial charge in [-0.15, -0.1) is 0 Å². The van der Waals surface area contributed by atoms with Crippen molar-refractivity contribution in [1.82, 2.24) is 54.2 Å². The Balaban J connectivity index is 0.000000127. The fourth-order valence-corrected chi connectivity index (χ4v) is 15.9. The lowest BCUT2D eigenvalue weighted by atomic mass is 9.94. The number of nitrogens with zero attached hydrogens (tertiary/aromatic N) is 11. The Morgan fingerprint density at radius 1 is 0.384 bits per heavy atom. The van der Waals surface area contributed by atoms with Crippen LogP contribution in [0.15, 0.2) is 183 Å². The van der Waals surface area contributed by atoms with Crippen LogP contribution in [0.25, 0.3) is 0 Å². The van der Waals surface area contributed by atoms with Crippen LogP contribution < -0.4 is 0 Å². The molecule has 3 atom stereocenters. The van der Waals surface area contributed by atoms with Crippen LogP contribution in [-0.2, 0) is 65.8 Å². The molecule has 3 unspecified atom stereocenters. The lowest BCUT2D eigenvalue weighted by molar-refractivity contribution is -0.133. The third-order valence-electron chi connectivity index (χ3n) is 20.8. The molecular weight excluding hydrogens is 1280 g/mol. The first-order chi connectivity index (χ1) is 48.3. The Labute approximate surface area is 589 Å². The Morgan fingerprint density at radius 2 is 0.747 bits per heavy atom. The van der Waals surface area contributed by atoms with Crippen molar-refractivity contribution in [3.05, 3.63) is 293 Å². The first-order valence-electron chi connectivity index (χ1n) is 34.7. The molecule has 0 N–H and O–H groups in total. The van der Waals surface area contributed by atoms with Gasteiger partial charge >= 0.3 is 0 Å². The predicted molar refractivity (Wildman–Crippen MR) is 384 cm³/mol. The molecule has 9 aromatic rings. The van der Waals surface area contributed by atoms with Crippen LogP contribution in [0.4, 0.5) is 0 Å². The molecule has 18 heteroatoms. The number of benzene rings is 5. The zero-order valence-electron chi connectivity index (χ0n) is 56.1. The number of carbonyl (C=O) groups is 5. The quantitative estimate of drug-likeness (QED) is 0.126. The minimum absolute atomic E-state index is 0.00976. The van der Waals surface area contributed by atoms with E-state index in [1.165, 1.54) is 66.9 Å². The summed E-state index contributed by atoms with van der Waals surface area (Å²) in [4.78, 5) is 96.9. The Kier molecular flexibility index (Phi) is 20.3. The van der Waals surface area contributed by atoms with Gasteiger partial charge < -0.3 is 14.7 Å².